The minimum Gasteiger partial charge on any atom is -0.283 e. The molecule has 1 aliphatic heterocycles. The molecule has 2 aromatic carbocycles. The second kappa shape index (κ2) is 4.58. The Balaban J connectivity index is 1.91. The number of benzene rings is 2. The van der Waals surface area contributed by atoms with Crippen molar-refractivity contribution in [3.8, 4) is 0 Å². The predicted molar refractivity (Wildman–Crippen MR) is 75.3 cm³/mol. The van der Waals surface area contributed by atoms with E-state index in [2.05, 4.69) is 79.4 Å². The highest BCUT2D eigenvalue weighted by atomic mass is 15.4. The van der Waals surface area contributed by atoms with Crippen LogP contribution in [0, 0.1) is 0 Å². The smallest absolute Gasteiger partial charge is 0.0555 e. The maximum absolute atomic E-state index is 2.57. The molecule has 1 fully saturated rings. The van der Waals surface area contributed by atoms with E-state index in [0.717, 1.165) is 0 Å². The molecular formula is C17H19N. The summed E-state index contributed by atoms with van der Waals surface area (Å²) in [6, 6.07) is 23.3. The van der Waals surface area contributed by atoms with Gasteiger partial charge in [0.25, 0.3) is 0 Å². The second-order valence-corrected chi connectivity index (χ2v) is 5.25. The Morgan fingerprint density at radius 3 is 1.44 bits per heavy atom. The van der Waals surface area contributed by atoms with Crippen LogP contribution >= 0.6 is 0 Å². The molecule has 0 amide bonds. The molecule has 3 rings (SSSR count). The quantitative estimate of drug-likeness (QED) is 0.723. The fourth-order valence-corrected chi connectivity index (χ4v) is 2.90. The van der Waals surface area contributed by atoms with Crippen molar-refractivity contribution in [1.82, 2.24) is 4.90 Å². The highest BCUT2D eigenvalue weighted by Crippen LogP contribution is 2.55. The summed E-state index contributed by atoms with van der Waals surface area (Å²) < 4.78 is 0. The fourth-order valence-electron chi connectivity index (χ4n) is 2.90. The average Bonchev–Trinajstić information content (AvgIpc) is 3.16. The van der Waals surface area contributed by atoms with Gasteiger partial charge >= 0.3 is 0 Å². The van der Waals surface area contributed by atoms with E-state index in [9.17, 15) is 0 Å². The molecule has 1 saturated heterocycles. The van der Waals surface area contributed by atoms with Crippen molar-refractivity contribution in [3.63, 3.8) is 0 Å². The molecule has 0 radical (unpaired) electrons. The van der Waals surface area contributed by atoms with E-state index in [-0.39, 0.29) is 0 Å². The lowest BCUT2D eigenvalue weighted by molar-refractivity contribution is 0.401. The van der Waals surface area contributed by atoms with Crippen LogP contribution in [0.25, 0.3) is 0 Å². The van der Waals surface area contributed by atoms with Crippen molar-refractivity contribution < 1.29 is 0 Å². The van der Waals surface area contributed by atoms with Gasteiger partial charge in [-0.2, -0.15) is 0 Å². The summed E-state index contributed by atoms with van der Waals surface area (Å²) in [5.41, 5.74) is 2.86. The Morgan fingerprint density at radius 1 is 0.722 bits per heavy atom. The van der Waals surface area contributed by atoms with Crippen molar-refractivity contribution in [1.29, 1.82) is 0 Å². The van der Waals surface area contributed by atoms with Crippen LogP contribution < -0.4 is 0 Å². The lowest BCUT2D eigenvalue weighted by atomic mass is 10.0. The first-order chi connectivity index (χ1) is 8.79. The van der Waals surface area contributed by atoms with E-state index >= 15 is 0 Å². The lowest BCUT2D eigenvalue weighted by Crippen LogP contribution is -2.10. The fraction of sp³-hybridized carbons (Fsp3) is 0.294. The average molecular weight is 237 g/mol. The summed E-state index contributed by atoms with van der Waals surface area (Å²) in [6.45, 7) is 4.55. The molecule has 1 heterocycles. The molecule has 1 heteroatoms. The monoisotopic (exact) mass is 237 g/mol. The molecule has 92 valence electrons. The van der Waals surface area contributed by atoms with Crippen LogP contribution in [0.3, 0.4) is 0 Å². The highest BCUT2D eigenvalue weighted by Gasteiger charge is 2.50. The van der Waals surface area contributed by atoms with E-state index in [1.54, 1.807) is 0 Å². The van der Waals surface area contributed by atoms with Crippen molar-refractivity contribution in [2.75, 3.05) is 0 Å². The predicted octanol–water partition coefficient (Wildman–Crippen LogP) is 4.19. The van der Waals surface area contributed by atoms with Crippen LogP contribution in [0.2, 0.25) is 0 Å². The van der Waals surface area contributed by atoms with Crippen LogP contribution in [0.1, 0.15) is 37.1 Å². The van der Waals surface area contributed by atoms with Gasteiger partial charge in [-0.15, -0.1) is 0 Å². The van der Waals surface area contributed by atoms with Gasteiger partial charge in [0.1, 0.15) is 0 Å². The van der Waals surface area contributed by atoms with Gasteiger partial charge in [-0.3, -0.25) is 4.90 Å². The zero-order chi connectivity index (χ0) is 12.5. The third-order valence-electron chi connectivity index (χ3n) is 3.73. The minimum atomic E-state index is 0.550. The Bertz CT molecular complexity index is 458. The summed E-state index contributed by atoms with van der Waals surface area (Å²) >= 11 is 0. The van der Waals surface area contributed by atoms with Crippen molar-refractivity contribution >= 4 is 0 Å². The summed E-state index contributed by atoms with van der Waals surface area (Å²) in [5, 5.41) is 0. The highest BCUT2D eigenvalue weighted by molar-refractivity contribution is 5.35. The van der Waals surface area contributed by atoms with Gasteiger partial charge in [-0.1, -0.05) is 60.7 Å². The first kappa shape index (κ1) is 11.5. The van der Waals surface area contributed by atoms with Crippen LogP contribution in [0.15, 0.2) is 60.7 Å². The van der Waals surface area contributed by atoms with Gasteiger partial charge in [0, 0.05) is 6.04 Å². The van der Waals surface area contributed by atoms with Gasteiger partial charge in [-0.25, -0.2) is 0 Å². The number of hydrogen-bond donors (Lipinski definition) is 0. The number of hydrogen-bond acceptors (Lipinski definition) is 1. The molecule has 1 nitrogen and oxygen atoms in total. The van der Waals surface area contributed by atoms with Crippen LogP contribution in [0.4, 0.5) is 0 Å². The third-order valence-corrected chi connectivity index (χ3v) is 3.73. The summed E-state index contributed by atoms with van der Waals surface area (Å²) in [4.78, 5) is 2.57. The van der Waals surface area contributed by atoms with Crippen LogP contribution in [-0.2, 0) is 0 Å². The first-order valence-electron chi connectivity index (χ1n) is 6.66. The standard InChI is InChI=1S/C17H19N/c1-13(2)18-16(14-9-5-3-6-10-14)17(18)15-11-7-4-8-12-15/h3-13,16-17H,1-2H3/t16-,17-/m0/s1. The van der Waals surface area contributed by atoms with Gasteiger partial charge in [0.05, 0.1) is 12.1 Å². The second-order valence-electron chi connectivity index (χ2n) is 5.25. The Labute approximate surface area is 109 Å². The van der Waals surface area contributed by atoms with E-state index in [4.69, 9.17) is 0 Å². The normalized spacial score (nSPS) is 26.3. The molecule has 2 aromatic rings. The first-order valence-corrected chi connectivity index (χ1v) is 6.66. The molecule has 0 N–H and O–H groups in total. The van der Waals surface area contributed by atoms with Crippen molar-refractivity contribution in [2.24, 2.45) is 0 Å². The third kappa shape index (κ3) is 1.95. The minimum absolute atomic E-state index is 0.550. The van der Waals surface area contributed by atoms with Crippen molar-refractivity contribution in [2.45, 2.75) is 32.0 Å². The zero-order valence-electron chi connectivity index (χ0n) is 11.0. The lowest BCUT2D eigenvalue weighted by Gasteiger charge is -2.07. The summed E-state index contributed by atoms with van der Waals surface area (Å²) in [7, 11) is 0. The Kier molecular flexibility index (Phi) is 2.92. The maximum atomic E-state index is 2.57. The van der Waals surface area contributed by atoms with E-state index in [1.807, 2.05) is 0 Å². The Hall–Kier alpha value is -1.60. The molecule has 0 spiro atoms. The van der Waals surface area contributed by atoms with E-state index in [1.165, 1.54) is 11.1 Å². The molecule has 0 bridgehead atoms. The van der Waals surface area contributed by atoms with Crippen molar-refractivity contribution in [3.05, 3.63) is 71.8 Å². The van der Waals surface area contributed by atoms with Gasteiger partial charge in [0.2, 0.25) is 0 Å². The number of nitrogens with zero attached hydrogens (tertiary/aromatic N) is 1. The van der Waals surface area contributed by atoms with E-state index in [0.29, 0.717) is 18.1 Å². The van der Waals surface area contributed by atoms with Crippen LogP contribution in [-0.4, -0.2) is 10.9 Å². The molecule has 18 heavy (non-hydrogen) atoms. The van der Waals surface area contributed by atoms with E-state index < -0.39 is 0 Å². The molecule has 0 saturated carbocycles. The van der Waals surface area contributed by atoms with Gasteiger partial charge in [-0.05, 0) is 25.0 Å². The molecule has 2 atom stereocenters. The van der Waals surface area contributed by atoms with Crippen LogP contribution in [0.5, 0.6) is 0 Å². The summed E-state index contributed by atoms with van der Waals surface area (Å²) in [5.74, 6) is 0. The summed E-state index contributed by atoms with van der Waals surface area (Å²) in [6.07, 6.45) is 0. The largest absolute Gasteiger partial charge is 0.283 e. The molecule has 0 unspecified atom stereocenters. The molecular weight excluding hydrogens is 218 g/mol. The van der Waals surface area contributed by atoms with Gasteiger partial charge in [0.15, 0.2) is 0 Å². The molecule has 0 aliphatic carbocycles. The SMILES string of the molecule is CC(C)N1[C@@H](c2ccccc2)[C@@H]1c1ccccc1. The maximum Gasteiger partial charge on any atom is 0.0555 e. The molecule has 0 aromatic heterocycles. The molecule has 1 aliphatic rings. The number of rotatable bonds is 3. The zero-order valence-corrected chi connectivity index (χ0v) is 11.0. The topological polar surface area (TPSA) is 3.01 Å². The van der Waals surface area contributed by atoms with Gasteiger partial charge < -0.3 is 0 Å². The Morgan fingerprint density at radius 2 is 1.11 bits per heavy atom.